The van der Waals surface area contributed by atoms with Gasteiger partial charge in [-0.3, -0.25) is 9.48 Å². The van der Waals surface area contributed by atoms with Crippen LogP contribution in [0.3, 0.4) is 0 Å². The standard InChI is InChI=1S/C17H22N2O/c1-11-8-12(2)10-13(9-11)17(20)16-14-6-4-5-7-15(14)19(3)18-16/h4-7,11-13H,8-10H2,1-3H3. The lowest BCUT2D eigenvalue weighted by atomic mass is 9.74. The zero-order valence-corrected chi connectivity index (χ0v) is 12.5. The number of hydrogen-bond acceptors (Lipinski definition) is 2. The summed E-state index contributed by atoms with van der Waals surface area (Å²) in [5, 5.41) is 5.47. The Hall–Kier alpha value is -1.64. The van der Waals surface area contributed by atoms with Crippen LogP contribution in [0.1, 0.15) is 43.6 Å². The molecule has 1 aliphatic rings. The Morgan fingerprint density at radius 2 is 1.80 bits per heavy atom. The van der Waals surface area contributed by atoms with E-state index in [4.69, 9.17) is 0 Å². The second-order valence-electron chi connectivity index (χ2n) is 6.47. The fourth-order valence-corrected chi connectivity index (χ4v) is 3.75. The van der Waals surface area contributed by atoms with Gasteiger partial charge in [-0.05, 0) is 37.2 Å². The maximum atomic E-state index is 12.8. The number of carbonyl (C=O) groups is 1. The smallest absolute Gasteiger partial charge is 0.186 e. The van der Waals surface area contributed by atoms with Crippen LogP contribution in [0.2, 0.25) is 0 Å². The zero-order chi connectivity index (χ0) is 14.3. The Morgan fingerprint density at radius 3 is 2.50 bits per heavy atom. The van der Waals surface area contributed by atoms with Gasteiger partial charge < -0.3 is 0 Å². The number of nitrogens with zero attached hydrogens (tertiary/aromatic N) is 2. The van der Waals surface area contributed by atoms with Crippen LogP contribution in [0, 0.1) is 17.8 Å². The van der Waals surface area contributed by atoms with Crippen LogP contribution >= 0.6 is 0 Å². The van der Waals surface area contributed by atoms with Crippen LogP contribution in [-0.2, 0) is 7.05 Å². The normalized spacial score (nSPS) is 26.9. The molecule has 0 saturated heterocycles. The number of Topliss-reactive ketones (excluding diaryl/α,β-unsaturated/α-hetero) is 1. The molecule has 2 unspecified atom stereocenters. The third-order valence-corrected chi connectivity index (χ3v) is 4.54. The van der Waals surface area contributed by atoms with E-state index in [9.17, 15) is 4.79 Å². The van der Waals surface area contributed by atoms with Gasteiger partial charge in [-0.25, -0.2) is 0 Å². The van der Waals surface area contributed by atoms with E-state index in [0.29, 0.717) is 17.5 Å². The highest BCUT2D eigenvalue weighted by Crippen LogP contribution is 2.35. The lowest BCUT2D eigenvalue weighted by molar-refractivity contribution is 0.0832. The van der Waals surface area contributed by atoms with Gasteiger partial charge >= 0.3 is 0 Å². The molecule has 1 fully saturated rings. The number of rotatable bonds is 2. The summed E-state index contributed by atoms with van der Waals surface area (Å²) < 4.78 is 1.82. The molecule has 1 aromatic carbocycles. The van der Waals surface area contributed by atoms with E-state index in [1.165, 1.54) is 6.42 Å². The lowest BCUT2D eigenvalue weighted by Gasteiger charge is -2.30. The number of hydrogen-bond donors (Lipinski definition) is 0. The molecule has 0 amide bonds. The first-order valence-corrected chi connectivity index (χ1v) is 7.52. The summed E-state index contributed by atoms with van der Waals surface area (Å²) >= 11 is 0. The third kappa shape index (κ3) is 2.26. The first-order valence-electron chi connectivity index (χ1n) is 7.52. The van der Waals surface area contributed by atoms with Crippen molar-refractivity contribution in [1.82, 2.24) is 9.78 Å². The zero-order valence-electron chi connectivity index (χ0n) is 12.5. The van der Waals surface area contributed by atoms with Crippen LogP contribution in [-0.4, -0.2) is 15.6 Å². The van der Waals surface area contributed by atoms with Crippen LogP contribution in [0.4, 0.5) is 0 Å². The quantitative estimate of drug-likeness (QED) is 0.777. The first kappa shape index (κ1) is 13.3. The molecule has 2 atom stereocenters. The van der Waals surface area contributed by atoms with Gasteiger partial charge in [0.2, 0.25) is 0 Å². The van der Waals surface area contributed by atoms with Crippen LogP contribution in [0.25, 0.3) is 10.9 Å². The molecule has 0 N–H and O–H groups in total. The lowest BCUT2D eigenvalue weighted by Crippen LogP contribution is -2.26. The molecule has 3 heteroatoms. The second kappa shape index (κ2) is 5.04. The maximum Gasteiger partial charge on any atom is 0.186 e. The number of fused-ring (bicyclic) bond motifs is 1. The van der Waals surface area contributed by atoms with Gasteiger partial charge in [-0.15, -0.1) is 0 Å². The van der Waals surface area contributed by atoms with E-state index in [-0.39, 0.29) is 11.7 Å². The Kier molecular flexibility index (Phi) is 3.36. The fourth-order valence-electron chi connectivity index (χ4n) is 3.75. The van der Waals surface area contributed by atoms with Crippen molar-refractivity contribution in [1.29, 1.82) is 0 Å². The molecule has 0 radical (unpaired) electrons. The number of benzene rings is 1. The topological polar surface area (TPSA) is 34.9 Å². The molecule has 0 bridgehead atoms. The monoisotopic (exact) mass is 270 g/mol. The molecular weight excluding hydrogens is 248 g/mol. The van der Waals surface area contributed by atoms with Crippen molar-refractivity contribution in [3.63, 3.8) is 0 Å². The largest absolute Gasteiger partial charge is 0.292 e. The van der Waals surface area contributed by atoms with Crippen LogP contribution < -0.4 is 0 Å². The SMILES string of the molecule is CC1CC(C)CC(C(=O)c2nn(C)c3ccccc23)C1. The van der Waals surface area contributed by atoms with E-state index in [2.05, 4.69) is 18.9 Å². The first-order chi connectivity index (χ1) is 9.56. The summed E-state index contributed by atoms with van der Waals surface area (Å²) in [6.45, 7) is 4.51. The molecule has 20 heavy (non-hydrogen) atoms. The van der Waals surface area contributed by atoms with Crippen molar-refractivity contribution in [2.24, 2.45) is 24.8 Å². The van der Waals surface area contributed by atoms with E-state index in [0.717, 1.165) is 23.7 Å². The van der Waals surface area contributed by atoms with Crippen molar-refractivity contribution in [2.75, 3.05) is 0 Å². The molecule has 3 rings (SSSR count). The van der Waals surface area contributed by atoms with Gasteiger partial charge in [0, 0.05) is 18.4 Å². The number of ketones is 1. The van der Waals surface area contributed by atoms with Crippen molar-refractivity contribution >= 4 is 16.7 Å². The van der Waals surface area contributed by atoms with E-state index >= 15 is 0 Å². The van der Waals surface area contributed by atoms with Crippen LogP contribution in [0.15, 0.2) is 24.3 Å². The van der Waals surface area contributed by atoms with Crippen molar-refractivity contribution in [3.8, 4) is 0 Å². The molecule has 0 aliphatic heterocycles. The molecule has 1 heterocycles. The molecular formula is C17H22N2O. The summed E-state index contributed by atoms with van der Waals surface area (Å²) in [6.07, 6.45) is 3.26. The Labute approximate surface area is 120 Å². The third-order valence-electron chi connectivity index (χ3n) is 4.54. The molecule has 1 aromatic heterocycles. The van der Waals surface area contributed by atoms with Gasteiger partial charge in [0.15, 0.2) is 5.78 Å². The summed E-state index contributed by atoms with van der Waals surface area (Å²) in [6, 6.07) is 7.99. The minimum Gasteiger partial charge on any atom is -0.292 e. The Balaban J connectivity index is 1.96. The van der Waals surface area contributed by atoms with Crippen LogP contribution in [0.5, 0.6) is 0 Å². The van der Waals surface area contributed by atoms with Gasteiger partial charge in [-0.1, -0.05) is 32.0 Å². The minimum atomic E-state index is 0.145. The predicted molar refractivity (Wildman–Crippen MR) is 80.7 cm³/mol. The van der Waals surface area contributed by atoms with Crippen molar-refractivity contribution < 1.29 is 4.79 Å². The second-order valence-corrected chi connectivity index (χ2v) is 6.47. The van der Waals surface area contributed by atoms with E-state index in [1.807, 2.05) is 36.0 Å². The molecule has 1 saturated carbocycles. The van der Waals surface area contributed by atoms with Gasteiger partial charge in [-0.2, -0.15) is 5.10 Å². The van der Waals surface area contributed by atoms with Gasteiger partial charge in [0.05, 0.1) is 5.52 Å². The summed E-state index contributed by atoms with van der Waals surface area (Å²) in [5.41, 5.74) is 1.70. The average Bonchev–Trinajstić information content (AvgIpc) is 2.75. The Bertz CT molecular complexity index is 633. The number of para-hydroxylation sites is 1. The maximum absolute atomic E-state index is 12.8. The van der Waals surface area contributed by atoms with Crippen molar-refractivity contribution in [2.45, 2.75) is 33.1 Å². The highest BCUT2D eigenvalue weighted by atomic mass is 16.1. The van der Waals surface area contributed by atoms with E-state index < -0.39 is 0 Å². The molecule has 3 nitrogen and oxygen atoms in total. The predicted octanol–water partition coefficient (Wildman–Crippen LogP) is 3.83. The summed E-state index contributed by atoms with van der Waals surface area (Å²) in [4.78, 5) is 12.8. The number of carbonyl (C=O) groups excluding carboxylic acids is 1. The summed E-state index contributed by atoms with van der Waals surface area (Å²) in [5.74, 6) is 1.66. The highest BCUT2D eigenvalue weighted by Gasteiger charge is 2.31. The highest BCUT2D eigenvalue weighted by molar-refractivity contribution is 6.07. The number of aromatic nitrogens is 2. The number of aryl methyl sites for hydroxylation is 1. The fraction of sp³-hybridized carbons (Fsp3) is 0.529. The van der Waals surface area contributed by atoms with Gasteiger partial charge in [0.1, 0.15) is 5.69 Å². The molecule has 0 spiro atoms. The molecule has 2 aromatic rings. The van der Waals surface area contributed by atoms with Gasteiger partial charge in [0.25, 0.3) is 0 Å². The Morgan fingerprint density at radius 1 is 1.15 bits per heavy atom. The van der Waals surface area contributed by atoms with E-state index in [1.54, 1.807) is 0 Å². The minimum absolute atomic E-state index is 0.145. The molecule has 1 aliphatic carbocycles. The average molecular weight is 270 g/mol. The molecule has 106 valence electrons. The summed E-state index contributed by atoms with van der Waals surface area (Å²) in [7, 11) is 1.91. The van der Waals surface area contributed by atoms with Crippen molar-refractivity contribution in [3.05, 3.63) is 30.0 Å².